The molecule has 1 amide bonds. The van der Waals surface area contributed by atoms with E-state index in [2.05, 4.69) is 17.1 Å². The fourth-order valence-corrected chi connectivity index (χ4v) is 3.08. The third-order valence-corrected chi connectivity index (χ3v) is 4.41. The van der Waals surface area contributed by atoms with Crippen molar-refractivity contribution in [3.8, 4) is 0 Å². The molecule has 5 heteroatoms. The van der Waals surface area contributed by atoms with Gasteiger partial charge in [-0.2, -0.15) is 0 Å². The molecule has 4 nitrogen and oxygen atoms in total. The van der Waals surface area contributed by atoms with Crippen LogP contribution in [-0.4, -0.2) is 29.9 Å². The maximum Gasteiger partial charge on any atom is 0.238 e. The molecule has 116 valence electrons. The Bertz CT molecular complexity index is 492. The van der Waals surface area contributed by atoms with Gasteiger partial charge in [-0.3, -0.25) is 9.69 Å². The minimum Gasteiger partial charge on any atom is -0.399 e. The highest BCUT2D eigenvalue weighted by Crippen LogP contribution is 2.24. The summed E-state index contributed by atoms with van der Waals surface area (Å²) < 4.78 is 0. The minimum absolute atomic E-state index is 0.0251. The van der Waals surface area contributed by atoms with Gasteiger partial charge in [0, 0.05) is 11.7 Å². The summed E-state index contributed by atoms with van der Waals surface area (Å²) in [6.45, 7) is 3.61. The Morgan fingerprint density at radius 2 is 2.24 bits per heavy atom. The number of nitrogen functional groups attached to an aromatic ring is 1. The number of hydrogen-bond donors (Lipinski definition) is 2. The smallest absolute Gasteiger partial charge is 0.238 e. The number of likely N-dealkylation sites (tertiary alicyclic amines) is 1. The Balaban J connectivity index is 1.98. The van der Waals surface area contributed by atoms with Crippen molar-refractivity contribution < 1.29 is 4.79 Å². The van der Waals surface area contributed by atoms with Gasteiger partial charge in [0.1, 0.15) is 0 Å². The quantitative estimate of drug-likeness (QED) is 0.837. The molecule has 0 radical (unpaired) electrons. The van der Waals surface area contributed by atoms with Crippen LogP contribution in [0, 0.1) is 0 Å². The van der Waals surface area contributed by atoms with Crippen LogP contribution in [0.5, 0.6) is 0 Å². The maximum absolute atomic E-state index is 12.3. The second-order valence-electron chi connectivity index (χ2n) is 5.67. The van der Waals surface area contributed by atoms with Crippen LogP contribution in [0.25, 0.3) is 0 Å². The second-order valence-corrected chi connectivity index (χ2v) is 6.08. The first-order valence-electron chi connectivity index (χ1n) is 7.69. The van der Waals surface area contributed by atoms with Gasteiger partial charge in [0.15, 0.2) is 0 Å². The summed E-state index contributed by atoms with van der Waals surface area (Å²) in [5.41, 5.74) is 6.91. The van der Waals surface area contributed by atoms with Gasteiger partial charge < -0.3 is 11.1 Å². The monoisotopic (exact) mass is 309 g/mol. The van der Waals surface area contributed by atoms with Crippen LogP contribution < -0.4 is 11.1 Å². The third kappa shape index (κ3) is 4.61. The molecule has 21 heavy (non-hydrogen) atoms. The van der Waals surface area contributed by atoms with Crippen molar-refractivity contribution in [1.82, 2.24) is 4.90 Å². The van der Waals surface area contributed by atoms with Crippen LogP contribution in [0.15, 0.2) is 18.2 Å². The van der Waals surface area contributed by atoms with Gasteiger partial charge in [0.05, 0.1) is 17.3 Å². The standard InChI is InChI=1S/C16H24ClN3O/c1-2-13-6-4-3-5-9-20(13)11-16(21)19-15-10-12(18)7-8-14(15)17/h7-8,10,13H,2-6,9,11,18H2,1H3,(H,19,21). The predicted molar refractivity (Wildman–Crippen MR) is 88.6 cm³/mol. The lowest BCUT2D eigenvalue weighted by Crippen LogP contribution is -2.40. The zero-order chi connectivity index (χ0) is 15.2. The molecule has 1 heterocycles. The number of amides is 1. The lowest BCUT2D eigenvalue weighted by atomic mass is 10.1. The van der Waals surface area contributed by atoms with Crippen molar-refractivity contribution in [1.29, 1.82) is 0 Å². The van der Waals surface area contributed by atoms with Gasteiger partial charge in [0.2, 0.25) is 5.91 Å². The van der Waals surface area contributed by atoms with Crippen molar-refractivity contribution in [2.45, 2.75) is 45.1 Å². The zero-order valence-electron chi connectivity index (χ0n) is 12.6. The molecule has 1 atom stereocenters. The zero-order valence-corrected chi connectivity index (χ0v) is 13.3. The van der Waals surface area contributed by atoms with Crippen LogP contribution in [0.4, 0.5) is 11.4 Å². The van der Waals surface area contributed by atoms with Crippen molar-refractivity contribution in [2.75, 3.05) is 24.1 Å². The number of rotatable bonds is 4. The second kappa shape index (κ2) is 7.66. The Morgan fingerprint density at radius 3 is 3.00 bits per heavy atom. The third-order valence-electron chi connectivity index (χ3n) is 4.08. The number of nitrogens with two attached hydrogens (primary N) is 1. The van der Waals surface area contributed by atoms with E-state index in [1.807, 2.05) is 0 Å². The fourth-order valence-electron chi connectivity index (χ4n) is 2.92. The number of nitrogens with one attached hydrogen (secondary N) is 1. The molecule has 3 N–H and O–H groups in total. The van der Waals surface area contributed by atoms with Gasteiger partial charge >= 0.3 is 0 Å². The first-order valence-corrected chi connectivity index (χ1v) is 8.07. The van der Waals surface area contributed by atoms with Gasteiger partial charge in [-0.05, 0) is 44.0 Å². The maximum atomic E-state index is 12.3. The Morgan fingerprint density at radius 1 is 1.43 bits per heavy atom. The van der Waals surface area contributed by atoms with Crippen LogP contribution >= 0.6 is 11.6 Å². The van der Waals surface area contributed by atoms with Gasteiger partial charge in [-0.15, -0.1) is 0 Å². The van der Waals surface area contributed by atoms with Gasteiger partial charge in [-0.1, -0.05) is 31.4 Å². The van der Waals surface area contributed by atoms with Crippen LogP contribution in [0.2, 0.25) is 5.02 Å². The summed E-state index contributed by atoms with van der Waals surface area (Å²) in [5, 5.41) is 3.39. The van der Waals surface area contributed by atoms with E-state index in [0.717, 1.165) is 13.0 Å². The molecule has 1 fully saturated rings. The first kappa shape index (κ1) is 16.1. The first-order chi connectivity index (χ1) is 10.1. The lowest BCUT2D eigenvalue weighted by molar-refractivity contribution is -0.117. The molecular formula is C16H24ClN3O. The molecule has 0 bridgehead atoms. The topological polar surface area (TPSA) is 58.4 Å². The summed E-state index contributed by atoms with van der Waals surface area (Å²) in [6.07, 6.45) is 5.96. The summed E-state index contributed by atoms with van der Waals surface area (Å²) in [6, 6.07) is 5.63. The Hall–Kier alpha value is -1.26. The number of benzene rings is 1. The molecule has 1 aliphatic heterocycles. The molecule has 1 unspecified atom stereocenters. The van der Waals surface area contributed by atoms with E-state index >= 15 is 0 Å². The Labute approximate surface area is 131 Å². The normalized spacial score (nSPS) is 20.0. The average molecular weight is 310 g/mol. The number of nitrogens with zero attached hydrogens (tertiary/aromatic N) is 1. The minimum atomic E-state index is -0.0251. The molecule has 0 spiro atoms. The van der Waals surface area contributed by atoms with E-state index < -0.39 is 0 Å². The summed E-state index contributed by atoms with van der Waals surface area (Å²) in [5.74, 6) is -0.0251. The summed E-state index contributed by atoms with van der Waals surface area (Å²) in [7, 11) is 0. The summed E-state index contributed by atoms with van der Waals surface area (Å²) in [4.78, 5) is 14.6. The van der Waals surface area contributed by atoms with Crippen LogP contribution in [-0.2, 0) is 4.79 Å². The number of halogens is 1. The molecule has 0 aromatic heterocycles. The van der Waals surface area contributed by atoms with Crippen molar-refractivity contribution in [2.24, 2.45) is 0 Å². The highest BCUT2D eigenvalue weighted by Gasteiger charge is 2.21. The number of anilines is 2. The molecule has 1 aromatic carbocycles. The number of carbonyl (C=O) groups is 1. The average Bonchev–Trinajstić information content (AvgIpc) is 2.68. The molecule has 0 aliphatic carbocycles. The SMILES string of the molecule is CCC1CCCCCN1CC(=O)Nc1cc(N)ccc1Cl. The largest absolute Gasteiger partial charge is 0.399 e. The molecule has 0 saturated carbocycles. The molecule has 1 aliphatic rings. The van der Waals surface area contributed by atoms with E-state index in [4.69, 9.17) is 17.3 Å². The fraction of sp³-hybridized carbons (Fsp3) is 0.562. The molecular weight excluding hydrogens is 286 g/mol. The summed E-state index contributed by atoms with van der Waals surface area (Å²) >= 11 is 6.08. The van der Waals surface area contributed by atoms with E-state index in [1.54, 1.807) is 18.2 Å². The van der Waals surface area contributed by atoms with E-state index in [9.17, 15) is 4.79 Å². The van der Waals surface area contributed by atoms with Gasteiger partial charge in [-0.25, -0.2) is 0 Å². The van der Waals surface area contributed by atoms with Gasteiger partial charge in [0.25, 0.3) is 0 Å². The highest BCUT2D eigenvalue weighted by molar-refractivity contribution is 6.33. The lowest BCUT2D eigenvalue weighted by Gasteiger charge is -2.28. The van der Waals surface area contributed by atoms with Crippen molar-refractivity contribution >= 4 is 28.9 Å². The number of hydrogen-bond acceptors (Lipinski definition) is 3. The van der Waals surface area contributed by atoms with E-state index in [0.29, 0.717) is 29.0 Å². The van der Waals surface area contributed by atoms with Crippen molar-refractivity contribution in [3.63, 3.8) is 0 Å². The Kier molecular flexibility index (Phi) is 5.88. The van der Waals surface area contributed by atoms with Crippen LogP contribution in [0.1, 0.15) is 39.0 Å². The van der Waals surface area contributed by atoms with E-state index in [-0.39, 0.29) is 5.91 Å². The number of carbonyl (C=O) groups excluding carboxylic acids is 1. The molecule has 2 rings (SSSR count). The molecule has 1 aromatic rings. The van der Waals surface area contributed by atoms with E-state index in [1.165, 1.54) is 25.7 Å². The van der Waals surface area contributed by atoms with Crippen molar-refractivity contribution in [3.05, 3.63) is 23.2 Å². The van der Waals surface area contributed by atoms with Crippen LogP contribution in [0.3, 0.4) is 0 Å². The molecule has 1 saturated heterocycles. The highest BCUT2D eigenvalue weighted by atomic mass is 35.5. The predicted octanol–water partition coefficient (Wildman–Crippen LogP) is 3.52.